The van der Waals surface area contributed by atoms with Gasteiger partial charge in [0.2, 0.25) is 0 Å². The Hall–Kier alpha value is -1.26. The monoisotopic (exact) mass is 272 g/mol. The minimum Gasteiger partial charge on any atom is -0.481 e. The van der Waals surface area contributed by atoms with E-state index in [-0.39, 0.29) is 18.0 Å². The summed E-state index contributed by atoms with van der Waals surface area (Å²) in [5.74, 6) is -0.740. The Morgan fingerprint density at radius 1 is 1.11 bits per heavy atom. The Balaban J connectivity index is 3.51. The fourth-order valence-electron chi connectivity index (χ4n) is 2.00. The molecule has 19 heavy (non-hydrogen) atoms. The first-order valence-corrected chi connectivity index (χ1v) is 7.15. The first kappa shape index (κ1) is 17.7. The van der Waals surface area contributed by atoms with Gasteiger partial charge in [0.15, 0.2) is 0 Å². The second-order valence-electron chi connectivity index (χ2n) is 5.57. The fourth-order valence-corrected chi connectivity index (χ4v) is 2.00. The molecular formula is C14H28N2O3. The smallest absolute Gasteiger partial charge is 0.315 e. The van der Waals surface area contributed by atoms with E-state index in [2.05, 4.69) is 17.6 Å². The van der Waals surface area contributed by atoms with Gasteiger partial charge in [-0.05, 0) is 33.1 Å². The lowest BCUT2D eigenvalue weighted by Gasteiger charge is -2.25. The minimum atomic E-state index is -0.740. The van der Waals surface area contributed by atoms with Crippen LogP contribution >= 0.6 is 0 Å². The third-order valence-electron chi connectivity index (χ3n) is 2.93. The molecule has 0 saturated carbocycles. The van der Waals surface area contributed by atoms with Crippen molar-refractivity contribution in [2.45, 2.75) is 71.3 Å². The molecule has 0 aliphatic carbocycles. The summed E-state index contributed by atoms with van der Waals surface area (Å²) in [6, 6.07) is -0.121. The zero-order chi connectivity index (χ0) is 14.7. The molecule has 5 nitrogen and oxygen atoms in total. The quantitative estimate of drug-likeness (QED) is 0.535. The number of hydrogen-bond acceptors (Lipinski definition) is 2. The second-order valence-corrected chi connectivity index (χ2v) is 5.57. The van der Waals surface area contributed by atoms with Crippen LogP contribution in [0, 0.1) is 0 Å². The molecule has 2 amide bonds. The normalized spacial score (nSPS) is 11.1. The van der Waals surface area contributed by atoms with E-state index >= 15 is 0 Å². The number of nitrogens with one attached hydrogen (secondary N) is 2. The molecular weight excluding hydrogens is 244 g/mol. The molecule has 0 aromatic carbocycles. The second kappa shape index (κ2) is 9.64. The molecule has 0 heterocycles. The van der Waals surface area contributed by atoms with Gasteiger partial charge in [-0.25, -0.2) is 4.79 Å². The number of carbonyl (C=O) groups excluding carboxylic acids is 1. The Morgan fingerprint density at radius 3 is 2.32 bits per heavy atom. The number of urea groups is 1. The van der Waals surface area contributed by atoms with Gasteiger partial charge < -0.3 is 15.7 Å². The highest BCUT2D eigenvalue weighted by molar-refractivity contribution is 5.74. The highest BCUT2D eigenvalue weighted by Crippen LogP contribution is 2.10. The molecule has 0 aromatic rings. The summed E-state index contributed by atoms with van der Waals surface area (Å²) in [6.07, 6.45) is 5.68. The Kier molecular flexibility index (Phi) is 9.00. The van der Waals surface area contributed by atoms with Crippen molar-refractivity contribution in [3.63, 3.8) is 0 Å². The summed E-state index contributed by atoms with van der Waals surface area (Å²) in [5.41, 5.74) is -0.166. The van der Waals surface area contributed by atoms with Gasteiger partial charge in [0, 0.05) is 18.5 Å². The summed E-state index contributed by atoms with van der Waals surface area (Å²) in [7, 11) is 0. The summed E-state index contributed by atoms with van der Waals surface area (Å²) >= 11 is 0. The fraction of sp³-hybridized carbons (Fsp3) is 0.857. The molecule has 112 valence electrons. The van der Waals surface area contributed by atoms with Crippen LogP contribution in [0.1, 0.15) is 65.7 Å². The third-order valence-corrected chi connectivity index (χ3v) is 2.93. The molecule has 0 rings (SSSR count). The van der Waals surface area contributed by atoms with Crippen LogP contribution in [0.5, 0.6) is 0 Å². The van der Waals surface area contributed by atoms with Crippen LogP contribution in [0.4, 0.5) is 4.79 Å². The molecule has 0 aliphatic rings. The van der Waals surface area contributed by atoms with E-state index in [1.54, 1.807) is 0 Å². The standard InChI is InChI=1S/C14H28N2O3/c1-4-10-14(2,3)16-13(19)15-11-8-6-5-7-9-12(17)18/h4-11H2,1-3H3,(H,17,18)(H2,15,16,19). The number of unbranched alkanes of at least 4 members (excludes halogenated alkanes) is 3. The average Bonchev–Trinajstić information content (AvgIpc) is 2.26. The predicted octanol–water partition coefficient (Wildman–Crippen LogP) is 2.90. The number of amides is 2. The molecule has 5 heteroatoms. The lowest BCUT2D eigenvalue weighted by Crippen LogP contribution is -2.48. The highest BCUT2D eigenvalue weighted by Gasteiger charge is 2.18. The lowest BCUT2D eigenvalue weighted by atomic mass is 9.99. The Labute approximate surface area is 116 Å². The van der Waals surface area contributed by atoms with E-state index in [1.807, 2.05) is 13.8 Å². The zero-order valence-electron chi connectivity index (χ0n) is 12.4. The van der Waals surface area contributed by atoms with Gasteiger partial charge in [-0.1, -0.05) is 26.2 Å². The van der Waals surface area contributed by atoms with E-state index in [1.165, 1.54) is 0 Å². The van der Waals surface area contributed by atoms with Crippen LogP contribution in [0.25, 0.3) is 0 Å². The topological polar surface area (TPSA) is 78.4 Å². The van der Waals surface area contributed by atoms with Crippen molar-refractivity contribution in [3.8, 4) is 0 Å². The molecule has 3 N–H and O–H groups in total. The van der Waals surface area contributed by atoms with Crippen LogP contribution in [0.15, 0.2) is 0 Å². The van der Waals surface area contributed by atoms with Gasteiger partial charge in [0.1, 0.15) is 0 Å². The van der Waals surface area contributed by atoms with Crippen molar-refractivity contribution >= 4 is 12.0 Å². The first-order valence-electron chi connectivity index (χ1n) is 7.15. The molecule has 0 radical (unpaired) electrons. The van der Waals surface area contributed by atoms with E-state index < -0.39 is 5.97 Å². The van der Waals surface area contributed by atoms with Crippen molar-refractivity contribution in [2.75, 3.05) is 6.54 Å². The van der Waals surface area contributed by atoms with Crippen LogP contribution in [0.3, 0.4) is 0 Å². The molecule has 0 bridgehead atoms. The third kappa shape index (κ3) is 11.6. The van der Waals surface area contributed by atoms with Crippen molar-refractivity contribution in [2.24, 2.45) is 0 Å². The molecule has 0 atom stereocenters. The lowest BCUT2D eigenvalue weighted by molar-refractivity contribution is -0.137. The maximum atomic E-state index is 11.6. The molecule has 0 unspecified atom stereocenters. The van der Waals surface area contributed by atoms with Gasteiger partial charge in [0.25, 0.3) is 0 Å². The first-order chi connectivity index (χ1) is 8.87. The van der Waals surface area contributed by atoms with Crippen molar-refractivity contribution < 1.29 is 14.7 Å². The van der Waals surface area contributed by atoms with E-state index in [9.17, 15) is 9.59 Å². The molecule has 0 spiro atoms. The largest absolute Gasteiger partial charge is 0.481 e. The Morgan fingerprint density at radius 2 is 1.74 bits per heavy atom. The number of hydrogen-bond donors (Lipinski definition) is 3. The summed E-state index contributed by atoms with van der Waals surface area (Å²) in [4.78, 5) is 21.9. The molecule has 0 fully saturated rings. The minimum absolute atomic E-state index is 0.121. The predicted molar refractivity (Wildman–Crippen MR) is 76.2 cm³/mol. The number of aliphatic carboxylic acids is 1. The van der Waals surface area contributed by atoms with Gasteiger partial charge >= 0.3 is 12.0 Å². The summed E-state index contributed by atoms with van der Waals surface area (Å²) in [5, 5.41) is 14.3. The summed E-state index contributed by atoms with van der Waals surface area (Å²) in [6.45, 7) is 6.77. The highest BCUT2D eigenvalue weighted by atomic mass is 16.4. The van der Waals surface area contributed by atoms with Gasteiger partial charge in [-0.15, -0.1) is 0 Å². The number of rotatable bonds is 10. The van der Waals surface area contributed by atoms with Crippen molar-refractivity contribution in [1.82, 2.24) is 10.6 Å². The van der Waals surface area contributed by atoms with Gasteiger partial charge in [0.05, 0.1) is 0 Å². The van der Waals surface area contributed by atoms with Crippen LogP contribution < -0.4 is 10.6 Å². The SMILES string of the molecule is CCCC(C)(C)NC(=O)NCCCCCCC(=O)O. The zero-order valence-corrected chi connectivity index (χ0v) is 12.4. The van der Waals surface area contributed by atoms with Crippen molar-refractivity contribution in [3.05, 3.63) is 0 Å². The maximum Gasteiger partial charge on any atom is 0.315 e. The number of carboxylic acid groups (broad SMARTS) is 1. The number of carboxylic acids is 1. The average molecular weight is 272 g/mol. The van der Waals surface area contributed by atoms with E-state index in [0.29, 0.717) is 13.0 Å². The molecule has 0 aliphatic heterocycles. The number of carbonyl (C=O) groups is 2. The van der Waals surface area contributed by atoms with Crippen LogP contribution in [0.2, 0.25) is 0 Å². The van der Waals surface area contributed by atoms with E-state index in [0.717, 1.165) is 32.1 Å². The van der Waals surface area contributed by atoms with Crippen molar-refractivity contribution in [1.29, 1.82) is 0 Å². The van der Waals surface area contributed by atoms with Gasteiger partial charge in [-0.2, -0.15) is 0 Å². The van der Waals surface area contributed by atoms with Crippen LogP contribution in [-0.4, -0.2) is 29.2 Å². The van der Waals surface area contributed by atoms with Gasteiger partial charge in [-0.3, -0.25) is 4.79 Å². The Bertz CT molecular complexity index is 278. The molecule has 0 saturated heterocycles. The van der Waals surface area contributed by atoms with Crippen LogP contribution in [-0.2, 0) is 4.79 Å². The van der Waals surface area contributed by atoms with E-state index in [4.69, 9.17) is 5.11 Å². The summed E-state index contributed by atoms with van der Waals surface area (Å²) < 4.78 is 0. The maximum absolute atomic E-state index is 11.6. The molecule has 0 aromatic heterocycles.